The molecule has 11 heavy (non-hydrogen) atoms. The predicted molar refractivity (Wildman–Crippen MR) is 34.9 cm³/mol. The molecule has 0 heterocycles. The minimum Gasteiger partial charge on any atom is -0.160 e. The van der Waals surface area contributed by atoms with E-state index in [2.05, 4.69) is 0 Å². The summed E-state index contributed by atoms with van der Waals surface area (Å²) in [5.41, 5.74) is -9.24. The molecule has 0 aromatic heterocycles. The first-order chi connectivity index (χ1) is 4.71. The van der Waals surface area contributed by atoms with Crippen molar-refractivity contribution in [1.29, 1.82) is 0 Å². The lowest BCUT2D eigenvalue weighted by atomic mass is 11.6. The first-order valence-corrected chi connectivity index (χ1v) is 5.36. The van der Waals surface area contributed by atoms with E-state index < -0.39 is 32.6 Å². The van der Waals surface area contributed by atoms with Crippen LogP contribution in [0.5, 0.6) is 0 Å². The van der Waals surface area contributed by atoms with Gasteiger partial charge < -0.3 is 0 Å². The van der Waals surface area contributed by atoms with Crippen molar-refractivity contribution in [3.63, 3.8) is 0 Å². The molecule has 0 radical (unpaired) electrons. The molecule has 0 N–H and O–H groups in total. The highest BCUT2D eigenvalue weighted by atomic mass is 33.5. The van der Waals surface area contributed by atoms with Crippen LogP contribution in [0.25, 0.3) is 0 Å². The highest BCUT2D eigenvalue weighted by Crippen LogP contribution is 2.51. The molecule has 0 aliphatic carbocycles. The molecule has 0 atom stereocenters. The highest BCUT2D eigenvalue weighted by Gasteiger charge is 2.35. The van der Waals surface area contributed by atoms with E-state index in [0.717, 1.165) is 0 Å². The first kappa shape index (κ1) is 11.6. The maximum Gasteiger partial charge on any atom is 0.452 e. The van der Waals surface area contributed by atoms with Gasteiger partial charge in [-0.1, -0.05) is 0 Å². The Morgan fingerprint density at radius 1 is 0.636 bits per heavy atom. The Balaban J connectivity index is 3.44. The van der Waals surface area contributed by atoms with E-state index in [0.29, 0.717) is 0 Å². The molecule has 9 heteroatoms. The van der Waals surface area contributed by atoms with Crippen molar-refractivity contribution >= 4 is 31.4 Å². The maximum absolute atomic E-state index is 11.2. The number of hydrogen-bond acceptors (Lipinski definition) is 3. The van der Waals surface area contributed by atoms with Gasteiger partial charge in [0.05, 0.1) is 0 Å². The SMILES string of the molecule is FC(F)(F)SSSC(F)(F)F. The molecule has 0 aromatic rings. The van der Waals surface area contributed by atoms with E-state index in [4.69, 9.17) is 0 Å². The summed E-state index contributed by atoms with van der Waals surface area (Å²) in [7, 11) is -1.91. The van der Waals surface area contributed by atoms with Crippen molar-refractivity contribution in [2.75, 3.05) is 0 Å². The minimum absolute atomic E-state index is 0.350. The average molecular weight is 234 g/mol. The van der Waals surface area contributed by atoms with Crippen molar-refractivity contribution in [2.24, 2.45) is 0 Å². The van der Waals surface area contributed by atoms with Gasteiger partial charge in [-0.25, -0.2) is 0 Å². The van der Waals surface area contributed by atoms with Crippen molar-refractivity contribution in [1.82, 2.24) is 0 Å². The van der Waals surface area contributed by atoms with E-state index in [1.54, 1.807) is 0 Å². The van der Waals surface area contributed by atoms with Crippen LogP contribution in [0.1, 0.15) is 0 Å². The van der Waals surface area contributed by atoms with Crippen molar-refractivity contribution in [3.8, 4) is 0 Å². The Kier molecular flexibility index (Phi) is 4.27. The molecule has 0 aromatic carbocycles. The largest absolute Gasteiger partial charge is 0.452 e. The quantitative estimate of drug-likeness (QED) is 0.522. The topological polar surface area (TPSA) is 0 Å². The molecule has 0 spiro atoms. The van der Waals surface area contributed by atoms with Crippen LogP contribution in [-0.2, 0) is 0 Å². The molecule has 0 amide bonds. The van der Waals surface area contributed by atoms with Crippen LogP contribution in [-0.4, -0.2) is 11.0 Å². The molecule has 0 aliphatic rings. The lowest BCUT2D eigenvalue weighted by molar-refractivity contribution is -0.0313. The van der Waals surface area contributed by atoms with Crippen LogP contribution in [0, 0.1) is 0 Å². The summed E-state index contributed by atoms with van der Waals surface area (Å²) in [5.74, 6) is 0. The van der Waals surface area contributed by atoms with E-state index in [1.807, 2.05) is 0 Å². The van der Waals surface area contributed by atoms with Crippen LogP contribution >= 0.6 is 31.4 Å². The highest BCUT2D eigenvalue weighted by molar-refractivity contribution is 9.09. The zero-order valence-corrected chi connectivity index (χ0v) is 6.94. The van der Waals surface area contributed by atoms with E-state index in [9.17, 15) is 26.3 Å². The molecule has 0 unspecified atom stereocenters. The second-order valence-corrected chi connectivity index (χ2v) is 5.15. The molecule has 68 valence electrons. The summed E-state index contributed by atoms with van der Waals surface area (Å²) in [6.07, 6.45) is 0. The molecular formula is C2F6S3. The predicted octanol–water partition coefficient (Wildman–Crippen LogP) is 4.06. The summed E-state index contributed by atoms with van der Waals surface area (Å²) < 4.78 is 67.2. The van der Waals surface area contributed by atoms with Crippen LogP contribution in [0.2, 0.25) is 0 Å². The molecule has 0 fully saturated rings. The molecular weight excluding hydrogens is 234 g/mol. The third kappa shape index (κ3) is 10.6. The summed E-state index contributed by atoms with van der Waals surface area (Å²) >= 11 is 0. The van der Waals surface area contributed by atoms with Crippen molar-refractivity contribution in [2.45, 2.75) is 11.0 Å². The fourth-order valence-corrected chi connectivity index (χ4v) is 2.54. The monoisotopic (exact) mass is 234 g/mol. The van der Waals surface area contributed by atoms with E-state index >= 15 is 0 Å². The average Bonchev–Trinajstić information content (AvgIpc) is 1.55. The fraction of sp³-hybridized carbons (Fsp3) is 1.00. The van der Waals surface area contributed by atoms with Crippen molar-refractivity contribution in [3.05, 3.63) is 0 Å². The fourth-order valence-electron chi connectivity index (χ4n) is 0.0942. The second kappa shape index (κ2) is 4.04. The van der Waals surface area contributed by atoms with E-state index in [1.165, 1.54) is 0 Å². The van der Waals surface area contributed by atoms with Gasteiger partial charge in [-0.05, 0) is 9.83 Å². The Labute approximate surface area is 69.3 Å². The molecule has 0 nitrogen and oxygen atoms in total. The zero-order valence-electron chi connectivity index (χ0n) is 4.49. The normalized spacial score (nSPS) is 13.6. The van der Waals surface area contributed by atoms with Gasteiger partial charge >= 0.3 is 11.0 Å². The van der Waals surface area contributed by atoms with Gasteiger partial charge in [0.15, 0.2) is 0 Å². The van der Waals surface area contributed by atoms with Gasteiger partial charge in [0.1, 0.15) is 0 Å². The summed E-state index contributed by atoms with van der Waals surface area (Å²) in [5, 5.41) is 0. The van der Waals surface area contributed by atoms with Crippen LogP contribution in [0.3, 0.4) is 0 Å². The number of hydrogen-bond donors (Lipinski definition) is 0. The summed E-state index contributed by atoms with van der Waals surface area (Å²) in [6, 6.07) is 0. The third-order valence-electron chi connectivity index (χ3n) is 0.257. The van der Waals surface area contributed by atoms with Gasteiger partial charge in [-0.15, -0.1) is 0 Å². The van der Waals surface area contributed by atoms with E-state index in [-0.39, 0.29) is 9.83 Å². The Morgan fingerprint density at radius 3 is 1.09 bits per heavy atom. The number of halogens is 6. The Hall–Kier alpha value is 0.630. The molecule has 0 rings (SSSR count). The molecule has 0 saturated carbocycles. The van der Waals surface area contributed by atoms with Gasteiger partial charge in [0, 0.05) is 21.6 Å². The van der Waals surface area contributed by atoms with Crippen LogP contribution in [0.15, 0.2) is 0 Å². The number of alkyl halides is 6. The molecule has 0 bridgehead atoms. The first-order valence-electron chi connectivity index (χ1n) is 1.88. The summed E-state index contributed by atoms with van der Waals surface area (Å²) in [4.78, 5) is 0. The standard InChI is InChI=1S/C2F6S3/c3-1(4,5)9-11-10-2(6,7)8. The van der Waals surface area contributed by atoms with Gasteiger partial charge in [-0.2, -0.15) is 26.3 Å². The van der Waals surface area contributed by atoms with Crippen molar-refractivity contribution < 1.29 is 26.3 Å². The molecule has 0 aliphatic heterocycles. The Bertz CT molecular complexity index is 100.0. The minimum atomic E-state index is -4.62. The second-order valence-electron chi connectivity index (χ2n) is 1.13. The van der Waals surface area contributed by atoms with Crippen LogP contribution < -0.4 is 0 Å². The zero-order chi connectivity index (χ0) is 9.12. The smallest absolute Gasteiger partial charge is 0.160 e. The number of rotatable bonds is 2. The maximum atomic E-state index is 11.2. The van der Waals surface area contributed by atoms with Gasteiger partial charge in [-0.3, -0.25) is 0 Å². The Morgan fingerprint density at radius 2 is 0.909 bits per heavy atom. The van der Waals surface area contributed by atoms with Crippen LogP contribution in [0.4, 0.5) is 26.3 Å². The third-order valence-corrected chi connectivity index (χ3v) is 3.54. The van der Waals surface area contributed by atoms with Gasteiger partial charge in [0.25, 0.3) is 0 Å². The van der Waals surface area contributed by atoms with Gasteiger partial charge in [0.2, 0.25) is 0 Å². The lowest BCUT2D eigenvalue weighted by Crippen LogP contribution is -1.98. The summed E-state index contributed by atoms with van der Waals surface area (Å²) in [6.45, 7) is 0. The lowest BCUT2D eigenvalue weighted by Gasteiger charge is -2.05. The molecule has 0 saturated heterocycles.